The van der Waals surface area contributed by atoms with Crippen LogP contribution >= 0.6 is 11.3 Å². The van der Waals surface area contributed by atoms with E-state index < -0.39 is 12.0 Å². The third kappa shape index (κ3) is 3.62. The summed E-state index contributed by atoms with van der Waals surface area (Å²) in [6, 6.07) is 14.2. The van der Waals surface area contributed by atoms with E-state index in [1.807, 2.05) is 42.5 Å². The molecule has 0 spiro atoms. The highest BCUT2D eigenvalue weighted by atomic mass is 32.1. The molecule has 0 saturated carbocycles. The fourth-order valence-electron chi connectivity index (χ4n) is 3.81. The molecular formula is C24H22N2O5S. The monoisotopic (exact) mass is 450 g/mol. The van der Waals surface area contributed by atoms with Gasteiger partial charge in [0, 0.05) is 5.56 Å². The molecule has 0 fully saturated rings. The zero-order valence-corrected chi connectivity index (χ0v) is 18.9. The summed E-state index contributed by atoms with van der Waals surface area (Å²) in [6.07, 6.45) is 1.75. The van der Waals surface area contributed by atoms with Crippen molar-refractivity contribution in [1.82, 2.24) is 4.57 Å². The standard InChI is InChI=1S/C24H22N2O5S/c1-14-19(23(28)31-4)20(15-9-6-5-7-10-15)26-22(27)18(32-24(26)25-14)13-16-11-8-12-17(29-2)21(16)30-3/h5-13,20H,1-4H3. The van der Waals surface area contributed by atoms with Gasteiger partial charge >= 0.3 is 5.97 Å². The molecule has 1 aromatic heterocycles. The number of methoxy groups -OCH3 is 3. The maximum Gasteiger partial charge on any atom is 0.338 e. The number of ether oxygens (including phenoxy) is 3. The molecule has 0 saturated heterocycles. The fourth-order valence-corrected chi connectivity index (χ4v) is 4.85. The summed E-state index contributed by atoms with van der Waals surface area (Å²) in [5.41, 5.74) is 2.13. The molecule has 1 atom stereocenters. The van der Waals surface area contributed by atoms with Crippen LogP contribution in [0, 0.1) is 0 Å². The third-order valence-corrected chi connectivity index (χ3v) is 6.25. The van der Waals surface area contributed by atoms with Gasteiger partial charge in [0.2, 0.25) is 0 Å². The van der Waals surface area contributed by atoms with E-state index in [0.29, 0.717) is 37.7 Å². The van der Waals surface area contributed by atoms with Crippen LogP contribution in [0.5, 0.6) is 11.5 Å². The summed E-state index contributed by atoms with van der Waals surface area (Å²) >= 11 is 1.26. The Kier molecular flexibility index (Phi) is 5.96. The van der Waals surface area contributed by atoms with Crippen molar-refractivity contribution in [3.8, 4) is 11.5 Å². The van der Waals surface area contributed by atoms with Crippen molar-refractivity contribution >= 4 is 23.4 Å². The van der Waals surface area contributed by atoms with Crippen LogP contribution in [0.2, 0.25) is 0 Å². The molecule has 32 heavy (non-hydrogen) atoms. The molecule has 3 aromatic rings. The van der Waals surface area contributed by atoms with Crippen LogP contribution in [0.4, 0.5) is 0 Å². The normalized spacial score (nSPS) is 15.8. The molecule has 164 valence electrons. The summed E-state index contributed by atoms with van der Waals surface area (Å²) in [7, 11) is 4.44. The van der Waals surface area contributed by atoms with E-state index in [0.717, 1.165) is 5.56 Å². The van der Waals surface area contributed by atoms with Gasteiger partial charge in [0.05, 0.1) is 43.2 Å². The predicted octanol–water partition coefficient (Wildman–Crippen LogP) is 2.43. The van der Waals surface area contributed by atoms with Gasteiger partial charge in [0.1, 0.15) is 0 Å². The number of para-hydroxylation sites is 1. The Bertz CT molecular complexity index is 1390. The number of aromatic nitrogens is 1. The minimum Gasteiger partial charge on any atom is -0.493 e. The Balaban J connectivity index is 1.98. The zero-order valence-electron chi connectivity index (χ0n) is 18.1. The van der Waals surface area contributed by atoms with Crippen molar-refractivity contribution in [2.75, 3.05) is 21.3 Å². The van der Waals surface area contributed by atoms with Gasteiger partial charge in [-0.25, -0.2) is 9.79 Å². The van der Waals surface area contributed by atoms with Gasteiger partial charge in [0.15, 0.2) is 16.3 Å². The van der Waals surface area contributed by atoms with Gasteiger partial charge in [0.25, 0.3) is 5.56 Å². The Morgan fingerprint density at radius 3 is 2.47 bits per heavy atom. The van der Waals surface area contributed by atoms with E-state index in [4.69, 9.17) is 14.2 Å². The topological polar surface area (TPSA) is 79.1 Å². The molecule has 1 aliphatic heterocycles. The summed E-state index contributed by atoms with van der Waals surface area (Å²) < 4.78 is 17.9. The predicted molar refractivity (Wildman–Crippen MR) is 122 cm³/mol. The summed E-state index contributed by atoms with van der Waals surface area (Å²) in [5.74, 6) is 0.593. The number of esters is 1. The van der Waals surface area contributed by atoms with E-state index in [1.54, 1.807) is 37.9 Å². The molecule has 7 nitrogen and oxygen atoms in total. The van der Waals surface area contributed by atoms with E-state index in [2.05, 4.69) is 4.99 Å². The number of carbonyl (C=O) groups is 1. The maximum atomic E-state index is 13.6. The van der Waals surface area contributed by atoms with Crippen LogP contribution in [-0.4, -0.2) is 31.9 Å². The van der Waals surface area contributed by atoms with Crippen LogP contribution < -0.4 is 24.4 Å². The Labute approximate surface area is 188 Å². The second kappa shape index (κ2) is 8.84. The highest BCUT2D eigenvalue weighted by Gasteiger charge is 2.32. The van der Waals surface area contributed by atoms with Gasteiger partial charge in [-0.15, -0.1) is 0 Å². The number of benzene rings is 2. The number of rotatable bonds is 5. The molecule has 0 aliphatic carbocycles. The highest BCUT2D eigenvalue weighted by Crippen LogP contribution is 2.32. The first-order valence-corrected chi connectivity index (χ1v) is 10.7. The fraction of sp³-hybridized carbons (Fsp3) is 0.208. The number of allylic oxidation sites excluding steroid dienone is 1. The molecule has 0 N–H and O–H groups in total. The van der Waals surface area contributed by atoms with E-state index in [1.165, 1.54) is 18.4 Å². The first kappa shape index (κ1) is 21.6. The molecule has 0 radical (unpaired) electrons. The van der Waals surface area contributed by atoms with Crippen molar-refractivity contribution in [1.29, 1.82) is 0 Å². The smallest absolute Gasteiger partial charge is 0.338 e. The van der Waals surface area contributed by atoms with Crippen LogP contribution in [0.25, 0.3) is 6.08 Å². The van der Waals surface area contributed by atoms with Gasteiger partial charge < -0.3 is 14.2 Å². The lowest BCUT2D eigenvalue weighted by molar-refractivity contribution is -0.136. The van der Waals surface area contributed by atoms with E-state index >= 15 is 0 Å². The Morgan fingerprint density at radius 1 is 1.06 bits per heavy atom. The average Bonchev–Trinajstić information content (AvgIpc) is 3.12. The second-order valence-corrected chi connectivity index (χ2v) is 8.08. The number of hydrogen-bond donors (Lipinski definition) is 0. The molecule has 2 heterocycles. The number of nitrogens with zero attached hydrogens (tertiary/aromatic N) is 2. The molecule has 1 aliphatic rings. The lowest BCUT2D eigenvalue weighted by Crippen LogP contribution is -2.39. The molecular weight excluding hydrogens is 428 g/mol. The maximum absolute atomic E-state index is 13.6. The second-order valence-electron chi connectivity index (χ2n) is 7.07. The quantitative estimate of drug-likeness (QED) is 0.558. The van der Waals surface area contributed by atoms with Crippen molar-refractivity contribution < 1.29 is 19.0 Å². The SMILES string of the molecule is COC(=O)C1=C(C)N=c2sc(=Cc3cccc(OC)c3OC)c(=O)n2C1c1ccccc1. The minimum atomic E-state index is -0.630. The summed E-state index contributed by atoms with van der Waals surface area (Å²) in [6.45, 7) is 1.75. The largest absolute Gasteiger partial charge is 0.493 e. The number of carbonyl (C=O) groups excluding carboxylic acids is 1. The molecule has 0 bridgehead atoms. The number of thiazole rings is 1. The molecule has 4 rings (SSSR count). The lowest BCUT2D eigenvalue weighted by Gasteiger charge is -2.24. The van der Waals surface area contributed by atoms with Crippen LogP contribution in [-0.2, 0) is 9.53 Å². The Morgan fingerprint density at radius 2 is 1.81 bits per heavy atom. The van der Waals surface area contributed by atoms with Gasteiger partial charge in [-0.1, -0.05) is 53.8 Å². The summed E-state index contributed by atoms with van der Waals surface area (Å²) in [5, 5.41) is 0. The van der Waals surface area contributed by atoms with Crippen molar-refractivity contribution in [3.63, 3.8) is 0 Å². The van der Waals surface area contributed by atoms with Gasteiger partial charge in [-0.3, -0.25) is 9.36 Å². The summed E-state index contributed by atoms with van der Waals surface area (Å²) in [4.78, 5) is 31.3. The van der Waals surface area contributed by atoms with Crippen molar-refractivity contribution in [2.24, 2.45) is 4.99 Å². The van der Waals surface area contributed by atoms with E-state index in [9.17, 15) is 9.59 Å². The van der Waals surface area contributed by atoms with E-state index in [-0.39, 0.29) is 5.56 Å². The Hall–Kier alpha value is -3.65. The number of hydrogen-bond acceptors (Lipinski definition) is 7. The average molecular weight is 451 g/mol. The first-order chi connectivity index (χ1) is 15.5. The number of fused-ring (bicyclic) bond motifs is 1. The minimum absolute atomic E-state index is 0.249. The zero-order chi connectivity index (χ0) is 22.8. The van der Waals surface area contributed by atoms with Crippen molar-refractivity contribution in [3.05, 3.63) is 90.6 Å². The molecule has 0 amide bonds. The molecule has 1 unspecified atom stereocenters. The molecule has 2 aromatic carbocycles. The van der Waals surface area contributed by atoms with Crippen molar-refractivity contribution in [2.45, 2.75) is 13.0 Å². The third-order valence-electron chi connectivity index (χ3n) is 5.26. The first-order valence-electron chi connectivity index (χ1n) is 9.87. The lowest BCUT2D eigenvalue weighted by atomic mass is 9.96. The molecule has 8 heteroatoms. The van der Waals surface area contributed by atoms with Crippen LogP contribution in [0.1, 0.15) is 24.1 Å². The van der Waals surface area contributed by atoms with Gasteiger partial charge in [-0.2, -0.15) is 0 Å². The van der Waals surface area contributed by atoms with Gasteiger partial charge in [-0.05, 0) is 24.6 Å². The highest BCUT2D eigenvalue weighted by molar-refractivity contribution is 7.07. The van der Waals surface area contributed by atoms with Crippen LogP contribution in [0.3, 0.4) is 0 Å². The van der Waals surface area contributed by atoms with Crippen LogP contribution in [0.15, 0.2) is 69.6 Å².